The van der Waals surface area contributed by atoms with Crippen LogP contribution < -0.4 is 0 Å². The maximum absolute atomic E-state index is 10.1. The van der Waals surface area contributed by atoms with Gasteiger partial charge in [-0.3, -0.25) is 0 Å². The Labute approximate surface area is 225 Å². The quantitative estimate of drug-likeness (QED) is 0.208. The molecule has 0 aliphatic carbocycles. The van der Waals surface area contributed by atoms with Crippen LogP contribution in [0.15, 0.2) is 109 Å². The van der Waals surface area contributed by atoms with Crippen molar-refractivity contribution in [1.29, 1.82) is 0 Å². The summed E-state index contributed by atoms with van der Waals surface area (Å²) in [6.45, 7) is 4.36. The molecule has 5 aromatic rings. The molecule has 0 saturated heterocycles. The van der Waals surface area contributed by atoms with Gasteiger partial charge in [0.2, 0.25) is 0 Å². The van der Waals surface area contributed by atoms with Gasteiger partial charge in [-0.15, -0.1) is 35.4 Å². The molecule has 4 nitrogen and oxygen atoms in total. The number of pyridine rings is 2. The third-order valence-electron chi connectivity index (χ3n) is 5.61. The number of aromatic nitrogens is 2. The van der Waals surface area contributed by atoms with E-state index in [9.17, 15) is 4.79 Å². The molecule has 0 aliphatic heterocycles. The van der Waals surface area contributed by atoms with E-state index in [-0.39, 0.29) is 25.8 Å². The zero-order valence-corrected chi connectivity index (χ0v) is 22.4. The second-order valence-electron chi connectivity index (χ2n) is 8.04. The van der Waals surface area contributed by atoms with Crippen LogP contribution in [0.2, 0.25) is 0 Å². The molecule has 0 amide bonds. The predicted molar refractivity (Wildman–Crippen MR) is 140 cm³/mol. The first kappa shape index (κ1) is 26.7. The summed E-state index contributed by atoms with van der Waals surface area (Å²) in [5.74, 6) is -0.990. The molecule has 0 atom stereocenters. The van der Waals surface area contributed by atoms with Crippen LogP contribution in [0.3, 0.4) is 0 Å². The summed E-state index contributed by atoms with van der Waals surface area (Å²) >= 11 is 0. The SMILES string of the molecule is Cc1cccc(C)c1-c1ccccc1-c1cc[c-]c(-c2ccccn2)c1.O=C(O)c1ccccn1.[Ir]. The van der Waals surface area contributed by atoms with Crippen LogP contribution in [0.4, 0.5) is 0 Å². The first-order chi connectivity index (χ1) is 17.0. The van der Waals surface area contributed by atoms with E-state index >= 15 is 0 Å². The van der Waals surface area contributed by atoms with Crippen LogP contribution in [0, 0.1) is 19.9 Å². The van der Waals surface area contributed by atoms with Gasteiger partial charge in [0, 0.05) is 32.5 Å². The number of hydrogen-bond donors (Lipinski definition) is 1. The van der Waals surface area contributed by atoms with Crippen molar-refractivity contribution in [3.8, 4) is 33.5 Å². The van der Waals surface area contributed by atoms with Crippen LogP contribution in [0.5, 0.6) is 0 Å². The van der Waals surface area contributed by atoms with E-state index in [4.69, 9.17) is 5.11 Å². The Morgan fingerprint density at radius 3 is 1.97 bits per heavy atom. The van der Waals surface area contributed by atoms with Crippen LogP contribution in [-0.2, 0) is 20.1 Å². The summed E-state index contributed by atoms with van der Waals surface area (Å²) in [5.41, 5.74) is 9.63. The fourth-order valence-electron chi connectivity index (χ4n) is 3.99. The Hall–Kier alpha value is -3.92. The summed E-state index contributed by atoms with van der Waals surface area (Å²) in [4.78, 5) is 18.2. The van der Waals surface area contributed by atoms with Gasteiger partial charge in [-0.2, -0.15) is 0 Å². The number of carbonyl (C=O) groups is 1. The molecular weight excluding hydrogens is 625 g/mol. The van der Waals surface area contributed by atoms with Gasteiger partial charge >= 0.3 is 5.97 Å². The molecule has 3 aromatic carbocycles. The smallest absolute Gasteiger partial charge is 0.354 e. The minimum atomic E-state index is -0.990. The third-order valence-corrected chi connectivity index (χ3v) is 5.61. The van der Waals surface area contributed by atoms with Gasteiger partial charge in [-0.05, 0) is 65.6 Å². The zero-order valence-electron chi connectivity index (χ0n) is 20.0. The van der Waals surface area contributed by atoms with Crippen LogP contribution in [0.1, 0.15) is 21.6 Å². The van der Waals surface area contributed by atoms with E-state index in [0.717, 1.165) is 11.3 Å². The van der Waals surface area contributed by atoms with Crippen molar-refractivity contribution in [2.24, 2.45) is 0 Å². The Bertz CT molecular complexity index is 1420. The first-order valence-electron chi connectivity index (χ1n) is 11.3. The summed E-state index contributed by atoms with van der Waals surface area (Å²) in [7, 11) is 0. The molecule has 1 radical (unpaired) electrons. The van der Waals surface area contributed by atoms with E-state index in [0.29, 0.717) is 0 Å². The third kappa shape index (κ3) is 6.39. The number of aryl methyl sites for hydroxylation is 2. The van der Waals surface area contributed by atoms with Crippen molar-refractivity contribution in [3.63, 3.8) is 0 Å². The fourth-order valence-corrected chi connectivity index (χ4v) is 3.99. The second kappa shape index (κ2) is 12.7. The van der Waals surface area contributed by atoms with Crippen molar-refractivity contribution < 1.29 is 30.0 Å². The topological polar surface area (TPSA) is 63.1 Å². The molecule has 0 unspecified atom stereocenters. The average molecular weight is 650 g/mol. The number of benzene rings is 3. The number of aromatic carboxylic acids is 1. The predicted octanol–water partition coefficient (Wildman–Crippen LogP) is 7.28. The Balaban J connectivity index is 0.000000307. The number of hydrogen-bond acceptors (Lipinski definition) is 3. The Morgan fingerprint density at radius 2 is 1.39 bits per heavy atom. The van der Waals surface area contributed by atoms with Crippen LogP contribution >= 0.6 is 0 Å². The molecule has 0 spiro atoms. The molecule has 36 heavy (non-hydrogen) atoms. The van der Waals surface area contributed by atoms with Crippen molar-refractivity contribution in [3.05, 3.63) is 132 Å². The van der Waals surface area contributed by atoms with Crippen LogP contribution in [0.25, 0.3) is 33.5 Å². The second-order valence-corrected chi connectivity index (χ2v) is 8.04. The first-order valence-corrected chi connectivity index (χ1v) is 11.3. The minimum Gasteiger partial charge on any atom is -0.477 e. The number of nitrogens with zero attached hydrogens (tertiary/aromatic N) is 2. The molecule has 0 aliphatic rings. The fraction of sp³-hybridized carbons (Fsp3) is 0.0645. The summed E-state index contributed by atoms with van der Waals surface area (Å²) < 4.78 is 0. The van der Waals surface area contributed by atoms with Gasteiger partial charge in [0.15, 0.2) is 0 Å². The van der Waals surface area contributed by atoms with Gasteiger partial charge < -0.3 is 10.1 Å². The standard InChI is InChI=1S/C25H20N.C6H5NO2.Ir/c1-18-9-7-10-19(2)25(18)23-14-4-3-13-22(23)20-11-8-12-21(17-20)24-15-5-6-16-26-24;8-6(9)5-3-1-2-4-7-5;/h3-11,13-17H,1-2H3;1-4H,(H,8,9);/q-1;;. The van der Waals surface area contributed by atoms with E-state index in [2.05, 4.69) is 84.5 Å². The molecule has 2 heterocycles. The van der Waals surface area contributed by atoms with E-state index in [1.807, 2.05) is 30.5 Å². The maximum atomic E-state index is 10.1. The summed E-state index contributed by atoms with van der Waals surface area (Å²) in [6, 6.07) is 35.4. The van der Waals surface area contributed by atoms with Crippen molar-refractivity contribution in [2.75, 3.05) is 0 Å². The van der Waals surface area contributed by atoms with E-state index in [1.54, 1.807) is 12.1 Å². The molecule has 2 aromatic heterocycles. The monoisotopic (exact) mass is 650 g/mol. The maximum Gasteiger partial charge on any atom is 0.354 e. The minimum absolute atomic E-state index is 0. The molecule has 181 valence electrons. The molecule has 0 saturated carbocycles. The molecule has 0 bridgehead atoms. The number of carboxylic acids is 1. The molecule has 5 rings (SSSR count). The van der Waals surface area contributed by atoms with Crippen molar-refractivity contribution >= 4 is 5.97 Å². The van der Waals surface area contributed by atoms with Crippen molar-refractivity contribution in [2.45, 2.75) is 13.8 Å². The van der Waals surface area contributed by atoms with Gasteiger partial charge in [0.1, 0.15) is 5.69 Å². The number of carboxylic acid groups (broad SMARTS) is 1. The molecule has 0 fully saturated rings. The molecule has 1 N–H and O–H groups in total. The van der Waals surface area contributed by atoms with Crippen LogP contribution in [-0.4, -0.2) is 21.0 Å². The Kier molecular flexibility index (Phi) is 9.40. The van der Waals surface area contributed by atoms with E-state index in [1.165, 1.54) is 45.6 Å². The van der Waals surface area contributed by atoms with Gasteiger partial charge in [-0.1, -0.05) is 60.7 Å². The molecular formula is C31H25IrN2O2-. The average Bonchev–Trinajstić information content (AvgIpc) is 2.90. The van der Waals surface area contributed by atoms with Gasteiger partial charge in [-0.25, -0.2) is 9.78 Å². The number of rotatable bonds is 4. The summed E-state index contributed by atoms with van der Waals surface area (Å²) in [5, 5.41) is 8.32. The Morgan fingerprint density at radius 1 is 0.750 bits per heavy atom. The molecule has 5 heteroatoms. The van der Waals surface area contributed by atoms with Crippen molar-refractivity contribution in [1.82, 2.24) is 9.97 Å². The normalized spacial score (nSPS) is 9.94. The summed E-state index contributed by atoms with van der Waals surface area (Å²) in [6.07, 6.45) is 3.27. The zero-order chi connectivity index (χ0) is 24.6. The van der Waals surface area contributed by atoms with E-state index < -0.39 is 5.97 Å². The van der Waals surface area contributed by atoms with Gasteiger partial charge in [0.05, 0.1) is 0 Å². The largest absolute Gasteiger partial charge is 0.477 e. The van der Waals surface area contributed by atoms with Gasteiger partial charge in [0.25, 0.3) is 0 Å².